The molecule has 0 radical (unpaired) electrons. The van der Waals surface area contributed by atoms with E-state index in [0.29, 0.717) is 29.2 Å². The molecule has 2 aromatic carbocycles. The van der Waals surface area contributed by atoms with Crippen LogP contribution < -0.4 is 14.8 Å². The summed E-state index contributed by atoms with van der Waals surface area (Å²) in [5.41, 5.74) is 1.34. The van der Waals surface area contributed by atoms with Crippen molar-refractivity contribution in [1.29, 1.82) is 5.26 Å². The Morgan fingerprint density at radius 2 is 2.00 bits per heavy atom. The van der Waals surface area contributed by atoms with E-state index in [-0.39, 0.29) is 24.0 Å². The maximum absolute atomic E-state index is 13.3. The molecule has 0 unspecified atom stereocenters. The molecule has 0 fully saturated rings. The lowest BCUT2D eigenvalue weighted by Crippen LogP contribution is -2.30. The molecule has 1 amide bonds. The first kappa shape index (κ1) is 21.0. The van der Waals surface area contributed by atoms with Gasteiger partial charge >= 0.3 is 0 Å². The van der Waals surface area contributed by atoms with Gasteiger partial charge in [0.2, 0.25) is 0 Å². The van der Waals surface area contributed by atoms with E-state index < -0.39 is 5.91 Å². The number of nitrogens with one attached hydrogen (secondary N) is 1. The third-order valence-corrected chi connectivity index (χ3v) is 3.65. The van der Waals surface area contributed by atoms with Crippen LogP contribution in [0.5, 0.6) is 11.5 Å². The molecule has 146 valence electrons. The van der Waals surface area contributed by atoms with Crippen molar-refractivity contribution >= 4 is 12.0 Å². The number of carbonyl (C=O) groups is 1. The Balaban J connectivity index is 2.22. The highest BCUT2D eigenvalue weighted by Gasteiger charge is 2.12. The van der Waals surface area contributed by atoms with Crippen molar-refractivity contribution in [3.63, 3.8) is 0 Å². The van der Waals surface area contributed by atoms with Crippen LogP contribution in [0, 0.1) is 17.1 Å². The third kappa shape index (κ3) is 6.13. The summed E-state index contributed by atoms with van der Waals surface area (Å²) in [5.74, 6) is 0.222. The monoisotopic (exact) mass is 382 g/mol. The van der Waals surface area contributed by atoms with Gasteiger partial charge in [-0.15, -0.1) is 0 Å². The molecule has 2 rings (SSSR count). The Kier molecular flexibility index (Phi) is 7.58. The highest BCUT2D eigenvalue weighted by Crippen LogP contribution is 2.30. The van der Waals surface area contributed by atoms with Crippen molar-refractivity contribution < 1.29 is 18.7 Å². The van der Waals surface area contributed by atoms with E-state index >= 15 is 0 Å². The first-order chi connectivity index (χ1) is 13.4. The lowest BCUT2D eigenvalue weighted by Gasteiger charge is -2.13. The Morgan fingerprint density at radius 3 is 2.64 bits per heavy atom. The number of benzene rings is 2. The Hall–Kier alpha value is -3.33. The van der Waals surface area contributed by atoms with E-state index in [1.54, 1.807) is 30.3 Å². The minimum absolute atomic E-state index is 0.00424. The van der Waals surface area contributed by atoms with E-state index in [2.05, 4.69) is 5.32 Å². The molecule has 0 bridgehead atoms. The molecule has 0 aliphatic rings. The first-order valence-electron chi connectivity index (χ1n) is 8.99. The molecule has 0 saturated carbocycles. The molecule has 0 spiro atoms. The van der Waals surface area contributed by atoms with Crippen LogP contribution in [0.1, 0.15) is 31.9 Å². The molecule has 5 nitrogen and oxygen atoms in total. The topological polar surface area (TPSA) is 71.3 Å². The third-order valence-electron chi connectivity index (χ3n) is 3.65. The van der Waals surface area contributed by atoms with Crippen molar-refractivity contribution in [2.75, 3.05) is 6.61 Å². The highest BCUT2D eigenvalue weighted by atomic mass is 19.1. The van der Waals surface area contributed by atoms with Crippen LogP contribution in [0.3, 0.4) is 0 Å². The van der Waals surface area contributed by atoms with Crippen molar-refractivity contribution in [3.05, 3.63) is 65.0 Å². The molecule has 0 aliphatic heterocycles. The summed E-state index contributed by atoms with van der Waals surface area (Å²) in [4.78, 5) is 12.1. The Morgan fingerprint density at radius 1 is 1.21 bits per heavy atom. The number of carbonyl (C=O) groups excluding carboxylic acids is 1. The minimum atomic E-state index is -0.429. The summed E-state index contributed by atoms with van der Waals surface area (Å²) in [6.07, 6.45) is 1.50. The standard InChI is InChI=1S/C22H23FN2O3/c1-4-27-21-12-16(10-18(13-24)22(26)25-15(2)3)8-9-20(21)28-14-17-6-5-7-19(23)11-17/h5-12,15H,4,14H2,1-3H3,(H,25,26)/b18-10-. The van der Waals surface area contributed by atoms with Crippen LogP contribution >= 0.6 is 0 Å². The largest absolute Gasteiger partial charge is 0.490 e. The number of hydrogen-bond donors (Lipinski definition) is 1. The predicted octanol–water partition coefficient (Wildman–Crippen LogP) is 4.23. The second-order valence-corrected chi connectivity index (χ2v) is 6.36. The number of ether oxygens (including phenoxy) is 2. The molecule has 0 aliphatic carbocycles. The Bertz CT molecular complexity index is 901. The van der Waals surface area contributed by atoms with Gasteiger partial charge in [0.25, 0.3) is 5.91 Å². The van der Waals surface area contributed by atoms with Gasteiger partial charge < -0.3 is 14.8 Å². The quantitative estimate of drug-likeness (QED) is 0.548. The highest BCUT2D eigenvalue weighted by molar-refractivity contribution is 6.01. The fraction of sp³-hybridized carbons (Fsp3) is 0.273. The van der Waals surface area contributed by atoms with E-state index in [1.807, 2.05) is 26.8 Å². The van der Waals surface area contributed by atoms with Gasteiger partial charge in [-0.05, 0) is 62.2 Å². The van der Waals surface area contributed by atoms with Crippen molar-refractivity contribution in [2.24, 2.45) is 0 Å². The van der Waals surface area contributed by atoms with Gasteiger partial charge in [0.1, 0.15) is 24.1 Å². The summed E-state index contributed by atoms with van der Waals surface area (Å²) >= 11 is 0. The summed E-state index contributed by atoms with van der Waals surface area (Å²) in [5, 5.41) is 12.0. The average Bonchev–Trinajstić information content (AvgIpc) is 2.65. The second kappa shape index (κ2) is 10.1. The summed E-state index contributed by atoms with van der Waals surface area (Å²) < 4.78 is 24.7. The van der Waals surface area contributed by atoms with Gasteiger partial charge in [-0.3, -0.25) is 4.79 Å². The molecule has 0 aromatic heterocycles. The number of nitrogens with zero attached hydrogens (tertiary/aromatic N) is 1. The van der Waals surface area contributed by atoms with E-state index in [0.717, 1.165) is 0 Å². The van der Waals surface area contributed by atoms with E-state index in [4.69, 9.17) is 9.47 Å². The van der Waals surface area contributed by atoms with Crippen molar-refractivity contribution in [3.8, 4) is 17.6 Å². The summed E-state index contributed by atoms with van der Waals surface area (Å²) in [6, 6.07) is 13.1. The van der Waals surface area contributed by atoms with Crippen LogP contribution in [0.15, 0.2) is 48.0 Å². The lowest BCUT2D eigenvalue weighted by atomic mass is 10.1. The zero-order valence-corrected chi connectivity index (χ0v) is 16.2. The second-order valence-electron chi connectivity index (χ2n) is 6.36. The predicted molar refractivity (Wildman–Crippen MR) is 105 cm³/mol. The van der Waals surface area contributed by atoms with Gasteiger partial charge in [-0.2, -0.15) is 5.26 Å². The zero-order chi connectivity index (χ0) is 20.5. The molecule has 0 saturated heterocycles. The van der Waals surface area contributed by atoms with Gasteiger partial charge in [0.15, 0.2) is 11.5 Å². The van der Waals surface area contributed by atoms with Gasteiger partial charge in [0, 0.05) is 6.04 Å². The SMILES string of the molecule is CCOc1cc(/C=C(/C#N)C(=O)NC(C)C)ccc1OCc1cccc(F)c1. The number of hydrogen-bond acceptors (Lipinski definition) is 4. The van der Waals surface area contributed by atoms with Gasteiger partial charge in [0.05, 0.1) is 6.61 Å². The molecule has 6 heteroatoms. The summed E-state index contributed by atoms with van der Waals surface area (Å²) in [7, 11) is 0. The van der Waals surface area contributed by atoms with Crippen LogP contribution in [0.4, 0.5) is 4.39 Å². The molecular formula is C22H23FN2O3. The number of rotatable bonds is 8. The zero-order valence-electron chi connectivity index (χ0n) is 16.2. The lowest BCUT2D eigenvalue weighted by molar-refractivity contribution is -0.117. The van der Waals surface area contributed by atoms with Crippen LogP contribution in [0.25, 0.3) is 6.08 Å². The maximum Gasteiger partial charge on any atom is 0.262 e. The molecular weight excluding hydrogens is 359 g/mol. The maximum atomic E-state index is 13.3. The summed E-state index contributed by atoms with van der Waals surface area (Å²) in [6.45, 7) is 6.10. The molecule has 2 aromatic rings. The fourth-order valence-corrected chi connectivity index (χ4v) is 2.45. The number of amides is 1. The smallest absolute Gasteiger partial charge is 0.262 e. The molecule has 0 heterocycles. The van der Waals surface area contributed by atoms with Gasteiger partial charge in [-0.25, -0.2) is 4.39 Å². The fourth-order valence-electron chi connectivity index (χ4n) is 2.45. The van der Waals surface area contributed by atoms with Gasteiger partial charge in [-0.1, -0.05) is 18.2 Å². The van der Waals surface area contributed by atoms with Crippen molar-refractivity contribution in [1.82, 2.24) is 5.32 Å². The van der Waals surface area contributed by atoms with Crippen LogP contribution in [0.2, 0.25) is 0 Å². The normalized spacial score (nSPS) is 11.1. The number of nitriles is 1. The van der Waals surface area contributed by atoms with E-state index in [1.165, 1.54) is 18.2 Å². The number of halogens is 1. The first-order valence-corrected chi connectivity index (χ1v) is 8.99. The molecule has 0 atom stereocenters. The average molecular weight is 382 g/mol. The van der Waals surface area contributed by atoms with Crippen LogP contribution in [-0.4, -0.2) is 18.6 Å². The molecule has 1 N–H and O–H groups in total. The van der Waals surface area contributed by atoms with Crippen LogP contribution in [-0.2, 0) is 11.4 Å². The van der Waals surface area contributed by atoms with Crippen molar-refractivity contribution in [2.45, 2.75) is 33.4 Å². The molecule has 28 heavy (non-hydrogen) atoms. The Labute approximate surface area is 164 Å². The minimum Gasteiger partial charge on any atom is -0.490 e. The van der Waals surface area contributed by atoms with E-state index in [9.17, 15) is 14.4 Å².